The van der Waals surface area contributed by atoms with E-state index in [1.807, 2.05) is 36.5 Å². The maximum Gasteiger partial charge on any atom is 0.422 e. The van der Waals surface area contributed by atoms with Gasteiger partial charge in [-0.15, -0.1) is 11.3 Å². The first-order valence-electron chi connectivity index (χ1n) is 7.40. The van der Waals surface area contributed by atoms with Crippen molar-refractivity contribution in [3.05, 3.63) is 46.3 Å². The Hall–Kier alpha value is -2.13. The van der Waals surface area contributed by atoms with Crippen LogP contribution in [0, 0.1) is 0 Å². The molecule has 0 bridgehead atoms. The highest BCUT2D eigenvalue weighted by Crippen LogP contribution is 2.23. The van der Waals surface area contributed by atoms with Gasteiger partial charge in [0.2, 0.25) is 5.88 Å². The summed E-state index contributed by atoms with van der Waals surface area (Å²) < 4.78 is 41.6. The maximum atomic E-state index is 12.4. The van der Waals surface area contributed by atoms with Crippen LogP contribution in [-0.2, 0) is 0 Å². The lowest BCUT2D eigenvalue weighted by atomic mass is 10.2. The van der Waals surface area contributed by atoms with Crippen molar-refractivity contribution in [2.24, 2.45) is 0 Å². The zero-order valence-corrected chi connectivity index (χ0v) is 14.5. The summed E-state index contributed by atoms with van der Waals surface area (Å²) in [5, 5.41) is 4.67. The molecular formula is C16H18F3N3O2S. The van der Waals surface area contributed by atoms with Crippen LogP contribution in [0.15, 0.2) is 35.8 Å². The summed E-state index contributed by atoms with van der Waals surface area (Å²) in [6, 6.07) is 6.69. The number of carbonyl (C=O) groups is 1. The second-order valence-corrected chi connectivity index (χ2v) is 6.44. The van der Waals surface area contributed by atoms with E-state index in [0.717, 1.165) is 4.88 Å². The number of carbonyl (C=O) groups excluding carboxylic acids is 1. The zero-order valence-electron chi connectivity index (χ0n) is 13.7. The molecule has 2 aromatic heterocycles. The lowest BCUT2D eigenvalue weighted by Gasteiger charge is -2.23. The third kappa shape index (κ3) is 5.71. The van der Waals surface area contributed by atoms with Crippen LogP contribution in [0.3, 0.4) is 0 Å². The Morgan fingerprint density at radius 1 is 1.36 bits per heavy atom. The van der Waals surface area contributed by atoms with Gasteiger partial charge in [-0.2, -0.15) is 13.2 Å². The Labute approximate surface area is 147 Å². The number of likely N-dealkylation sites (N-methyl/N-ethyl adjacent to an activating group) is 1. The molecule has 0 spiro atoms. The number of nitrogens with zero attached hydrogens (tertiary/aromatic N) is 2. The minimum absolute atomic E-state index is 0.0320. The Kier molecular flexibility index (Phi) is 6.38. The number of alkyl halides is 3. The molecule has 136 valence electrons. The normalized spacial score (nSPS) is 12.9. The third-order valence-corrected chi connectivity index (χ3v) is 4.31. The Morgan fingerprint density at radius 2 is 2.12 bits per heavy atom. The summed E-state index contributed by atoms with van der Waals surface area (Å²) in [6.07, 6.45) is -3.22. The van der Waals surface area contributed by atoms with Gasteiger partial charge < -0.3 is 15.0 Å². The second kappa shape index (κ2) is 8.30. The monoisotopic (exact) mass is 373 g/mol. The van der Waals surface area contributed by atoms with E-state index in [-0.39, 0.29) is 17.5 Å². The molecular weight excluding hydrogens is 355 g/mol. The number of aromatic nitrogens is 1. The average Bonchev–Trinajstić information content (AvgIpc) is 3.06. The Morgan fingerprint density at radius 3 is 2.72 bits per heavy atom. The van der Waals surface area contributed by atoms with Crippen molar-refractivity contribution >= 4 is 17.2 Å². The van der Waals surface area contributed by atoms with Crippen LogP contribution in [0.1, 0.15) is 21.3 Å². The predicted molar refractivity (Wildman–Crippen MR) is 88.9 cm³/mol. The van der Waals surface area contributed by atoms with Crippen molar-refractivity contribution in [3.63, 3.8) is 0 Å². The van der Waals surface area contributed by atoms with Crippen LogP contribution in [0.4, 0.5) is 13.2 Å². The molecule has 1 atom stereocenters. The highest BCUT2D eigenvalue weighted by molar-refractivity contribution is 7.10. The van der Waals surface area contributed by atoms with Gasteiger partial charge in [-0.25, -0.2) is 4.98 Å². The first-order chi connectivity index (χ1) is 11.8. The lowest BCUT2D eigenvalue weighted by molar-refractivity contribution is -0.154. The molecule has 0 saturated heterocycles. The van der Waals surface area contributed by atoms with Gasteiger partial charge in [-0.3, -0.25) is 4.79 Å². The fourth-order valence-corrected chi connectivity index (χ4v) is 3.05. The van der Waals surface area contributed by atoms with Crippen LogP contribution < -0.4 is 10.1 Å². The first-order valence-corrected chi connectivity index (χ1v) is 8.28. The summed E-state index contributed by atoms with van der Waals surface area (Å²) in [5.74, 6) is -0.872. The summed E-state index contributed by atoms with van der Waals surface area (Å²) in [7, 11) is 3.77. The molecule has 5 nitrogen and oxygen atoms in total. The van der Waals surface area contributed by atoms with Gasteiger partial charge in [0.1, 0.15) is 5.56 Å². The molecule has 2 heterocycles. The minimum atomic E-state index is -4.50. The molecule has 0 fully saturated rings. The number of ether oxygens (including phenoxy) is 1. The molecule has 1 amide bonds. The summed E-state index contributed by atoms with van der Waals surface area (Å²) in [4.78, 5) is 19.1. The van der Waals surface area contributed by atoms with Crippen molar-refractivity contribution in [3.8, 4) is 5.88 Å². The molecule has 0 saturated carbocycles. The number of halogens is 3. The number of amides is 1. The highest BCUT2D eigenvalue weighted by Gasteiger charge is 2.29. The van der Waals surface area contributed by atoms with Crippen molar-refractivity contribution < 1.29 is 22.7 Å². The van der Waals surface area contributed by atoms with Crippen molar-refractivity contribution in [2.45, 2.75) is 12.2 Å². The average molecular weight is 373 g/mol. The second-order valence-electron chi connectivity index (χ2n) is 5.46. The molecule has 0 aliphatic carbocycles. The third-order valence-electron chi connectivity index (χ3n) is 3.34. The molecule has 25 heavy (non-hydrogen) atoms. The van der Waals surface area contributed by atoms with E-state index in [4.69, 9.17) is 0 Å². The first kappa shape index (κ1) is 19.2. The summed E-state index contributed by atoms with van der Waals surface area (Å²) in [5.41, 5.74) is -0.0320. The maximum absolute atomic E-state index is 12.4. The largest absolute Gasteiger partial charge is 0.467 e. The number of hydrogen-bond acceptors (Lipinski definition) is 5. The van der Waals surface area contributed by atoms with E-state index in [1.54, 1.807) is 11.3 Å². The van der Waals surface area contributed by atoms with Crippen LogP contribution in [-0.4, -0.2) is 49.2 Å². The minimum Gasteiger partial charge on any atom is -0.467 e. The molecule has 0 aliphatic heterocycles. The molecule has 2 aromatic rings. The van der Waals surface area contributed by atoms with Crippen molar-refractivity contribution in [1.82, 2.24) is 15.2 Å². The topological polar surface area (TPSA) is 54.5 Å². The van der Waals surface area contributed by atoms with Gasteiger partial charge in [0, 0.05) is 17.6 Å². The van der Waals surface area contributed by atoms with E-state index in [0.29, 0.717) is 6.54 Å². The summed E-state index contributed by atoms with van der Waals surface area (Å²) >= 11 is 1.57. The molecule has 1 unspecified atom stereocenters. The van der Waals surface area contributed by atoms with E-state index >= 15 is 0 Å². The Bertz CT molecular complexity index is 690. The van der Waals surface area contributed by atoms with Crippen molar-refractivity contribution in [2.75, 3.05) is 27.2 Å². The zero-order chi connectivity index (χ0) is 18.4. The van der Waals surface area contributed by atoms with Crippen LogP contribution in [0.5, 0.6) is 5.88 Å². The van der Waals surface area contributed by atoms with Gasteiger partial charge >= 0.3 is 6.18 Å². The van der Waals surface area contributed by atoms with Crippen LogP contribution >= 0.6 is 11.3 Å². The number of thiophene rings is 1. The van der Waals surface area contributed by atoms with E-state index < -0.39 is 18.7 Å². The standard InChI is InChI=1S/C16H18F3N3O2S/c1-22(2)12(13-6-4-8-25-13)9-21-14(23)11-5-3-7-20-15(11)24-10-16(17,18)19/h3-8,12H,9-10H2,1-2H3,(H,21,23). The van der Waals surface area contributed by atoms with Gasteiger partial charge in [0.05, 0.1) is 6.04 Å². The molecule has 0 aromatic carbocycles. The molecule has 2 rings (SSSR count). The van der Waals surface area contributed by atoms with Gasteiger partial charge in [0.25, 0.3) is 5.91 Å². The van der Waals surface area contributed by atoms with E-state index in [1.165, 1.54) is 18.3 Å². The molecule has 1 N–H and O–H groups in total. The molecule has 0 aliphatic rings. The van der Waals surface area contributed by atoms with E-state index in [9.17, 15) is 18.0 Å². The summed E-state index contributed by atoms with van der Waals surface area (Å²) in [6.45, 7) is -1.19. The van der Waals surface area contributed by atoms with E-state index in [2.05, 4.69) is 15.0 Å². The lowest BCUT2D eigenvalue weighted by Crippen LogP contribution is -2.34. The Balaban J connectivity index is 2.05. The van der Waals surface area contributed by atoms with Crippen LogP contribution in [0.2, 0.25) is 0 Å². The van der Waals surface area contributed by atoms with Crippen molar-refractivity contribution in [1.29, 1.82) is 0 Å². The number of hydrogen-bond donors (Lipinski definition) is 1. The molecule has 0 radical (unpaired) electrons. The quantitative estimate of drug-likeness (QED) is 0.810. The fraction of sp³-hybridized carbons (Fsp3) is 0.375. The SMILES string of the molecule is CN(C)C(CNC(=O)c1cccnc1OCC(F)(F)F)c1cccs1. The number of pyridine rings is 1. The number of rotatable bonds is 7. The van der Waals surface area contributed by atoms with Gasteiger partial charge in [-0.1, -0.05) is 6.07 Å². The smallest absolute Gasteiger partial charge is 0.422 e. The molecule has 9 heteroatoms. The predicted octanol–water partition coefficient (Wildman–Crippen LogP) is 3.12. The van der Waals surface area contributed by atoms with Gasteiger partial charge in [-0.05, 0) is 37.7 Å². The van der Waals surface area contributed by atoms with Crippen LogP contribution in [0.25, 0.3) is 0 Å². The fourth-order valence-electron chi connectivity index (χ4n) is 2.13. The van der Waals surface area contributed by atoms with Gasteiger partial charge in [0.15, 0.2) is 6.61 Å². The number of nitrogens with one attached hydrogen (secondary N) is 1. The highest BCUT2D eigenvalue weighted by atomic mass is 32.1.